The van der Waals surface area contributed by atoms with Crippen molar-refractivity contribution in [3.8, 4) is 0 Å². The molecule has 3 rings (SSSR count). The Morgan fingerprint density at radius 1 is 1.21 bits per heavy atom. The van der Waals surface area contributed by atoms with Crippen molar-refractivity contribution in [1.82, 2.24) is 14.3 Å². The van der Waals surface area contributed by atoms with E-state index in [4.69, 9.17) is 0 Å². The zero-order valence-electron chi connectivity index (χ0n) is 11.3. The molecule has 0 N–H and O–H groups in total. The highest BCUT2D eigenvalue weighted by Crippen LogP contribution is 2.14. The van der Waals surface area contributed by atoms with Crippen molar-refractivity contribution in [2.24, 2.45) is 0 Å². The molecule has 0 unspecified atom stereocenters. The van der Waals surface area contributed by atoms with E-state index in [2.05, 4.69) is 21.8 Å². The lowest BCUT2D eigenvalue weighted by Crippen LogP contribution is -2.45. The van der Waals surface area contributed by atoms with Gasteiger partial charge < -0.3 is 9.80 Å². The number of fused-ring (bicyclic) bond motifs is 1. The Balaban J connectivity index is 2.06. The highest BCUT2D eigenvalue weighted by atomic mass is 16.1. The first kappa shape index (κ1) is 12.2. The first-order valence-electron chi connectivity index (χ1n) is 6.58. The second-order valence-electron chi connectivity index (χ2n) is 5.13. The maximum atomic E-state index is 12.1. The average Bonchev–Trinajstić information content (AvgIpc) is 2.41. The van der Waals surface area contributed by atoms with E-state index in [1.165, 1.54) is 0 Å². The van der Waals surface area contributed by atoms with E-state index in [0.717, 1.165) is 43.2 Å². The largest absolute Gasteiger partial charge is 0.354 e. The molecule has 0 spiro atoms. The molecule has 0 saturated carbocycles. The maximum absolute atomic E-state index is 12.1. The van der Waals surface area contributed by atoms with Gasteiger partial charge >= 0.3 is 0 Å². The zero-order chi connectivity index (χ0) is 13.4. The predicted molar refractivity (Wildman–Crippen MR) is 75.9 cm³/mol. The van der Waals surface area contributed by atoms with Crippen LogP contribution in [-0.2, 0) is 0 Å². The molecule has 0 bridgehead atoms. The minimum absolute atomic E-state index is 0.0115. The first-order chi connectivity index (χ1) is 9.15. The number of aryl methyl sites for hydroxylation is 1. The SMILES string of the molecule is Cc1cccn2c(=O)cc(N3CCN(C)CC3)nc12. The molecule has 0 aliphatic carbocycles. The van der Waals surface area contributed by atoms with Crippen molar-refractivity contribution in [3.63, 3.8) is 0 Å². The summed E-state index contributed by atoms with van der Waals surface area (Å²) in [5.74, 6) is 0.799. The number of pyridine rings is 1. The Labute approximate surface area is 112 Å². The topological polar surface area (TPSA) is 40.9 Å². The number of likely N-dealkylation sites (N-methyl/N-ethyl adjacent to an activating group) is 1. The van der Waals surface area contributed by atoms with Gasteiger partial charge in [0.15, 0.2) is 0 Å². The molecule has 0 atom stereocenters. The number of piperazine rings is 1. The normalized spacial score (nSPS) is 17.1. The Morgan fingerprint density at radius 3 is 2.68 bits per heavy atom. The van der Waals surface area contributed by atoms with Gasteiger partial charge in [0.05, 0.1) is 0 Å². The van der Waals surface area contributed by atoms with Crippen LogP contribution < -0.4 is 10.5 Å². The summed E-state index contributed by atoms with van der Waals surface area (Å²) in [5.41, 5.74) is 1.77. The van der Waals surface area contributed by atoms with Crippen LogP contribution in [0.1, 0.15) is 5.56 Å². The molecule has 19 heavy (non-hydrogen) atoms. The fourth-order valence-electron chi connectivity index (χ4n) is 2.45. The summed E-state index contributed by atoms with van der Waals surface area (Å²) < 4.78 is 1.61. The first-order valence-corrected chi connectivity index (χ1v) is 6.58. The Bertz CT molecular complexity index is 656. The van der Waals surface area contributed by atoms with Crippen molar-refractivity contribution in [2.45, 2.75) is 6.92 Å². The van der Waals surface area contributed by atoms with Crippen molar-refractivity contribution in [3.05, 3.63) is 40.3 Å². The van der Waals surface area contributed by atoms with Crippen molar-refractivity contribution >= 4 is 11.5 Å². The van der Waals surface area contributed by atoms with Crippen molar-refractivity contribution < 1.29 is 0 Å². The van der Waals surface area contributed by atoms with E-state index in [-0.39, 0.29) is 5.56 Å². The summed E-state index contributed by atoms with van der Waals surface area (Å²) in [6, 6.07) is 5.49. The third-order valence-corrected chi connectivity index (χ3v) is 3.70. The van der Waals surface area contributed by atoms with Crippen LogP contribution in [-0.4, -0.2) is 47.5 Å². The highest BCUT2D eigenvalue weighted by molar-refractivity contribution is 5.53. The van der Waals surface area contributed by atoms with E-state index in [1.54, 1.807) is 16.7 Å². The van der Waals surface area contributed by atoms with Gasteiger partial charge in [-0.15, -0.1) is 0 Å². The number of rotatable bonds is 1. The molecule has 2 aromatic heterocycles. The number of anilines is 1. The lowest BCUT2D eigenvalue weighted by atomic mass is 10.3. The van der Waals surface area contributed by atoms with Gasteiger partial charge in [-0.05, 0) is 25.6 Å². The molecule has 1 aliphatic heterocycles. The van der Waals surface area contributed by atoms with Gasteiger partial charge in [-0.25, -0.2) is 4.98 Å². The van der Waals surface area contributed by atoms with E-state index < -0.39 is 0 Å². The third-order valence-electron chi connectivity index (χ3n) is 3.70. The average molecular weight is 258 g/mol. The standard InChI is InChI=1S/C14H18N4O/c1-11-4-3-5-18-13(19)10-12(15-14(11)18)17-8-6-16(2)7-9-17/h3-5,10H,6-9H2,1-2H3. The van der Waals surface area contributed by atoms with Crippen LogP contribution in [0.4, 0.5) is 5.82 Å². The molecular weight excluding hydrogens is 240 g/mol. The molecule has 1 fully saturated rings. The second-order valence-corrected chi connectivity index (χ2v) is 5.13. The summed E-state index contributed by atoms with van der Waals surface area (Å²) in [5, 5.41) is 0. The van der Waals surface area contributed by atoms with Gasteiger partial charge in [-0.2, -0.15) is 0 Å². The molecule has 0 amide bonds. The third kappa shape index (κ3) is 2.21. The van der Waals surface area contributed by atoms with Crippen LogP contribution in [0.25, 0.3) is 5.65 Å². The van der Waals surface area contributed by atoms with Crippen LogP contribution in [0, 0.1) is 6.92 Å². The molecule has 3 heterocycles. The van der Waals surface area contributed by atoms with Crippen LogP contribution >= 0.6 is 0 Å². The van der Waals surface area contributed by atoms with E-state index in [1.807, 2.05) is 19.1 Å². The Morgan fingerprint density at radius 2 is 1.95 bits per heavy atom. The minimum Gasteiger partial charge on any atom is -0.354 e. The van der Waals surface area contributed by atoms with Crippen LogP contribution in [0.2, 0.25) is 0 Å². The van der Waals surface area contributed by atoms with Gasteiger partial charge in [0, 0.05) is 38.4 Å². The second kappa shape index (κ2) is 4.66. The van der Waals surface area contributed by atoms with Crippen LogP contribution in [0.15, 0.2) is 29.2 Å². The van der Waals surface area contributed by atoms with E-state index in [9.17, 15) is 4.79 Å². The van der Waals surface area contributed by atoms with Gasteiger partial charge in [-0.3, -0.25) is 9.20 Å². The smallest absolute Gasteiger partial charge is 0.259 e. The molecular formula is C14H18N4O. The molecule has 5 nitrogen and oxygen atoms in total. The molecule has 1 saturated heterocycles. The summed E-state index contributed by atoms with van der Waals surface area (Å²) in [7, 11) is 2.12. The number of aromatic nitrogens is 2. The summed E-state index contributed by atoms with van der Waals surface area (Å²) >= 11 is 0. The van der Waals surface area contributed by atoms with Gasteiger partial charge in [0.2, 0.25) is 0 Å². The zero-order valence-corrected chi connectivity index (χ0v) is 11.3. The Kier molecular flexibility index (Phi) is 2.98. The van der Waals surface area contributed by atoms with E-state index in [0.29, 0.717) is 0 Å². The van der Waals surface area contributed by atoms with Crippen molar-refractivity contribution in [1.29, 1.82) is 0 Å². The number of hydrogen-bond donors (Lipinski definition) is 0. The molecule has 2 aromatic rings. The monoisotopic (exact) mass is 258 g/mol. The molecule has 1 aliphatic rings. The fourth-order valence-corrected chi connectivity index (χ4v) is 2.45. The Hall–Kier alpha value is -1.88. The molecule has 100 valence electrons. The lowest BCUT2D eigenvalue weighted by molar-refractivity contribution is 0.312. The summed E-state index contributed by atoms with van der Waals surface area (Å²) in [6.45, 7) is 5.84. The van der Waals surface area contributed by atoms with Crippen LogP contribution in [0.5, 0.6) is 0 Å². The predicted octanol–water partition coefficient (Wildman–Crippen LogP) is 0.755. The lowest BCUT2D eigenvalue weighted by Gasteiger charge is -2.33. The number of hydrogen-bond acceptors (Lipinski definition) is 4. The molecule has 5 heteroatoms. The molecule has 0 aromatic carbocycles. The highest BCUT2D eigenvalue weighted by Gasteiger charge is 2.16. The van der Waals surface area contributed by atoms with Gasteiger partial charge in [-0.1, -0.05) is 6.07 Å². The summed E-state index contributed by atoms with van der Waals surface area (Å²) in [6.07, 6.45) is 1.77. The number of nitrogens with zero attached hydrogens (tertiary/aromatic N) is 4. The van der Waals surface area contributed by atoms with Gasteiger partial charge in [0.1, 0.15) is 11.5 Å². The molecule has 0 radical (unpaired) electrons. The van der Waals surface area contributed by atoms with Crippen molar-refractivity contribution in [2.75, 3.05) is 38.1 Å². The quantitative estimate of drug-likeness (QED) is 0.757. The fraction of sp³-hybridized carbons (Fsp3) is 0.429. The van der Waals surface area contributed by atoms with Crippen LogP contribution in [0.3, 0.4) is 0 Å². The maximum Gasteiger partial charge on any atom is 0.259 e. The van der Waals surface area contributed by atoms with Gasteiger partial charge in [0.25, 0.3) is 5.56 Å². The minimum atomic E-state index is -0.0115. The summed E-state index contributed by atoms with van der Waals surface area (Å²) in [4.78, 5) is 21.3. The van der Waals surface area contributed by atoms with E-state index >= 15 is 0 Å².